The second-order valence-corrected chi connectivity index (χ2v) is 19.3. The number of allylic oxidation sites excluding steroid dienone is 2. The third-order valence-corrected chi connectivity index (χ3v) is 15.3. The Kier molecular flexibility index (Phi) is 11.0. The van der Waals surface area contributed by atoms with Gasteiger partial charge in [0.1, 0.15) is 23.8 Å². The second-order valence-electron chi connectivity index (χ2n) is 17.4. The van der Waals surface area contributed by atoms with Crippen LogP contribution in [0.25, 0.3) is 10.9 Å². The smallest absolute Gasteiger partial charge is 0.306 e. The van der Waals surface area contributed by atoms with Crippen molar-refractivity contribution in [1.82, 2.24) is 24.5 Å². The highest BCUT2D eigenvalue weighted by molar-refractivity contribution is 7.91. The number of amides is 3. The molecule has 14 nitrogen and oxygen atoms in total. The number of hydrogen-bond donors (Lipinski definition) is 2. The van der Waals surface area contributed by atoms with Gasteiger partial charge >= 0.3 is 5.97 Å². The van der Waals surface area contributed by atoms with Crippen LogP contribution in [0.15, 0.2) is 35.1 Å². The Morgan fingerprint density at radius 3 is 2.47 bits per heavy atom. The van der Waals surface area contributed by atoms with Crippen LogP contribution in [0.4, 0.5) is 0 Å². The predicted octanol–water partition coefficient (Wildman–Crippen LogP) is 4.20. The molecular formula is C42H55N5O9S. The van der Waals surface area contributed by atoms with E-state index in [1.54, 1.807) is 6.07 Å². The van der Waals surface area contributed by atoms with Crippen molar-refractivity contribution in [3.63, 3.8) is 0 Å². The molecule has 4 saturated carbocycles. The zero-order valence-electron chi connectivity index (χ0n) is 33.0. The van der Waals surface area contributed by atoms with Crippen molar-refractivity contribution in [2.75, 3.05) is 6.54 Å². The first-order valence-corrected chi connectivity index (χ1v) is 22.6. The highest BCUT2D eigenvalue weighted by Crippen LogP contribution is 2.47. The van der Waals surface area contributed by atoms with Crippen LogP contribution in [0.5, 0.6) is 6.01 Å². The Morgan fingerprint density at radius 2 is 1.74 bits per heavy atom. The molecule has 3 heterocycles. The number of benzene rings is 1. The van der Waals surface area contributed by atoms with Gasteiger partial charge in [-0.05, 0) is 107 Å². The fraction of sp³-hybridized carbons (Fsp3) is 0.667. The molecule has 2 bridgehead atoms. The number of aryl methyl sites for hydroxylation is 1. The first-order valence-electron chi connectivity index (χ1n) is 21.1. The van der Waals surface area contributed by atoms with Crippen molar-refractivity contribution in [3.8, 4) is 6.01 Å². The number of esters is 1. The summed E-state index contributed by atoms with van der Waals surface area (Å²) in [5.41, 5.74) is -0.320. The minimum atomic E-state index is -3.88. The van der Waals surface area contributed by atoms with Crippen LogP contribution in [0, 0.1) is 30.6 Å². The van der Waals surface area contributed by atoms with Crippen molar-refractivity contribution < 1.29 is 37.1 Å². The maximum atomic E-state index is 14.9. The van der Waals surface area contributed by atoms with Gasteiger partial charge in [-0.15, -0.1) is 0 Å². The lowest BCUT2D eigenvalue weighted by atomic mass is 9.86. The molecule has 8 rings (SSSR count). The Labute approximate surface area is 333 Å². The van der Waals surface area contributed by atoms with Gasteiger partial charge in [0, 0.05) is 13.0 Å². The van der Waals surface area contributed by atoms with E-state index in [4.69, 9.17) is 14.5 Å². The summed E-state index contributed by atoms with van der Waals surface area (Å²) in [6.45, 7) is 3.96. The zero-order valence-corrected chi connectivity index (χ0v) is 33.8. The van der Waals surface area contributed by atoms with Gasteiger partial charge in [-0.3, -0.25) is 33.3 Å². The fourth-order valence-electron chi connectivity index (χ4n) is 9.90. The van der Waals surface area contributed by atoms with Crippen LogP contribution in [0.1, 0.15) is 109 Å². The van der Waals surface area contributed by atoms with Crippen molar-refractivity contribution in [2.45, 2.75) is 146 Å². The molecule has 1 aromatic carbocycles. The number of ether oxygens (including phenoxy) is 2. The maximum Gasteiger partial charge on any atom is 0.306 e. The third kappa shape index (κ3) is 8.09. The minimum absolute atomic E-state index is 0.0234. The van der Waals surface area contributed by atoms with Gasteiger partial charge in [-0.1, -0.05) is 44.4 Å². The van der Waals surface area contributed by atoms with E-state index >= 15 is 0 Å². The first-order chi connectivity index (χ1) is 27.4. The maximum absolute atomic E-state index is 14.9. The van der Waals surface area contributed by atoms with Crippen LogP contribution in [-0.4, -0.2) is 82.1 Å². The lowest BCUT2D eigenvalue weighted by Gasteiger charge is -2.32. The number of aromatic nitrogens is 2. The summed E-state index contributed by atoms with van der Waals surface area (Å²) in [7, 11) is -3.88. The normalized spacial score (nSPS) is 31.7. The monoisotopic (exact) mass is 805 g/mol. The highest BCUT2D eigenvalue weighted by atomic mass is 32.2. The Balaban J connectivity index is 1.15. The quantitative estimate of drug-likeness (QED) is 0.304. The van der Waals surface area contributed by atoms with Crippen molar-refractivity contribution >= 4 is 44.6 Å². The number of carbonyl (C=O) groups is 4. The Morgan fingerprint density at radius 1 is 0.965 bits per heavy atom. The number of hydrogen-bond acceptors (Lipinski definition) is 10. The van der Waals surface area contributed by atoms with E-state index in [0.717, 1.165) is 63.4 Å². The SMILES string of the molecule is CC[C@H]1C[C@]1(NC(=O)[C@@H]1C[C@@H]2CN1C(=O)[C@H](C1CCCC1)CC(=O)O[C@@H]1CCC[C@H]1CC/C=C/Cn1c(nc3cc(C)ccc3c1=O)O2)C(=O)NS(=O)(=O)C1CC1. The summed E-state index contributed by atoms with van der Waals surface area (Å²) < 4.78 is 42.0. The predicted molar refractivity (Wildman–Crippen MR) is 210 cm³/mol. The van der Waals surface area contributed by atoms with E-state index in [2.05, 4.69) is 10.0 Å². The third-order valence-electron chi connectivity index (χ3n) is 13.4. The first kappa shape index (κ1) is 39.6. The molecule has 2 aliphatic heterocycles. The summed E-state index contributed by atoms with van der Waals surface area (Å²) in [6.07, 6.45) is 12.3. The highest BCUT2D eigenvalue weighted by Gasteiger charge is 2.62. The van der Waals surface area contributed by atoms with Crippen molar-refractivity contribution in [2.24, 2.45) is 23.7 Å². The van der Waals surface area contributed by atoms with E-state index in [0.29, 0.717) is 30.2 Å². The molecule has 3 amide bonds. The Bertz CT molecular complexity index is 2130. The molecule has 0 unspecified atom stereocenters. The van der Waals surface area contributed by atoms with Gasteiger partial charge in [0.05, 0.1) is 35.0 Å². The average molecular weight is 806 g/mol. The van der Waals surface area contributed by atoms with Crippen LogP contribution < -0.4 is 20.3 Å². The van der Waals surface area contributed by atoms with E-state index in [1.807, 2.05) is 38.1 Å². The molecule has 0 spiro atoms. The molecule has 4 aliphatic carbocycles. The summed E-state index contributed by atoms with van der Waals surface area (Å²) in [4.78, 5) is 77.1. The number of nitrogens with one attached hydrogen (secondary N) is 2. The molecule has 0 radical (unpaired) electrons. The van der Waals surface area contributed by atoms with E-state index in [1.165, 1.54) is 9.47 Å². The summed E-state index contributed by atoms with van der Waals surface area (Å²) in [5.74, 6) is -3.01. The van der Waals surface area contributed by atoms with E-state index in [-0.39, 0.29) is 73.7 Å². The van der Waals surface area contributed by atoms with Crippen LogP contribution in [-0.2, 0) is 40.5 Å². The van der Waals surface area contributed by atoms with Gasteiger partial charge < -0.3 is 19.7 Å². The van der Waals surface area contributed by atoms with E-state index < -0.39 is 56.7 Å². The molecule has 5 fully saturated rings. The lowest BCUT2D eigenvalue weighted by molar-refractivity contribution is -0.156. The molecular weight excluding hydrogens is 751 g/mol. The van der Waals surface area contributed by atoms with Gasteiger partial charge in [-0.25, -0.2) is 8.42 Å². The molecule has 1 saturated heterocycles. The zero-order chi connectivity index (χ0) is 40.1. The molecule has 1 aromatic heterocycles. The fourth-order valence-corrected chi connectivity index (χ4v) is 11.3. The number of carbonyl (C=O) groups excluding carboxylic acids is 4. The Hall–Kier alpha value is -4.27. The topological polar surface area (TPSA) is 183 Å². The van der Waals surface area contributed by atoms with Crippen LogP contribution in [0.2, 0.25) is 0 Å². The standard InChI is InChI=1S/C42H55N5O9S/c1-3-28-23-42(28,40(52)45-57(53,54)30-16-17-30)44-37(49)34-21-29-24-47(34)39(51)32(26-10-6-7-11-26)22-36(48)56-35-14-9-13-27(35)12-5-4-8-19-46-38(50)31-18-15-25(2)20-33(31)43-41(46)55-29/h4,8,15,18,20,26-30,32,34-35H,3,5-7,9-14,16-17,19,21-24H2,1-2H3,(H,44,49)(H,45,52)/b8-4+/t27-,28+,29-,32+,34+,35-,42-/m1/s1. The molecule has 308 valence electrons. The van der Waals surface area contributed by atoms with Gasteiger partial charge in [0.2, 0.25) is 21.8 Å². The summed E-state index contributed by atoms with van der Waals surface area (Å²) >= 11 is 0. The van der Waals surface area contributed by atoms with Crippen LogP contribution in [0.3, 0.4) is 0 Å². The van der Waals surface area contributed by atoms with E-state index in [9.17, 15) is 32.4 Å². The molecule has 15 heteroatoms. The largest absolute Gasteiger partial charge is 0.462 e. The second kappa shape index (κ2) is 15.8. The molecule has 6 aliphatic rings. The number of nitrogens with zero attached hydrogens (tertiary/aromatic N) is 3. The molecule has 2 aromatic rings. The van der Waals surface area contributed by atoms with Gasteiger partial charge in [0.15, 0.2) is 0 Å². The molecule has 57 heavy (non-hydrogen) atoms. The van der Waals surface area contributed by atoms with Crippen molar-refractivity contribution in [1.29, 1.82) is 0 Å². The lowest BCUT2D eigenvalue weighted by Crippen LogP contribution is -2.57. The number of sulfonamides is 1. The van der Waals surface area contributed by atoms with Gasteiger partial charge in [0.25, 0.3) is 17.5 Å². The van der Waals surface area contributed by atoms with Crippen LogP contribution >= 0.6 is 0 Å². The number of rotatable bonds is 7. The summed E-state index contributed by atoms with van der Waals surface area (Å²) in [6, 6.07) is 4.41. The molecule has 2 N–H and O–H groups in total. The molecule has 7 atom stereocenters. The van der Waals surface area contributed by atoms with Crippen molar-refractivity contribution in [3.05, 3.63) is 46.3 Å². The summed E-state index contributed by atoms with van der Waals surface area (Å²) in [5, 5.41) is 2.74. The minimum Gasteiger partial charge on any atom is -0.462 e. The number of fused-ring (bicyclic) bond motifs is 5. The van der Waals surface area contributed by atoms with Gasteiger partial charge in [-0.2, -0.15) is 4.98 Å². The average Bonchev–Trinajstić information content (AvgIpc) is 3.96.